The van der Waals surface area contributed by atoms with Gasteiger partial charge in [0, 0.05) is 48.5 Å². The highest BCUT2D eigenvalue weighted by Gasteiger charge is 2.23. The van der Waals surface area contributed by atoms with Crippen molar-refractivity contribution in [2.24, 2.45) is 10.9 Å². The van der Waals surface area contributed by atoms with Crippen LogP contribution in [0.2, 0.25) is 0 Å². The van der Waals surface area contributed by atoms with Gasteiger partial charge in [0.2, 0.25) is 0 Å². The van der Waals surface area contributed by atoms with Gasteiger partial charge in [0.05, 0.1) is 23.1 Å². The van der Waals surface area contributed by atoms with E-state index in [9.17, 15) is 8.78 Å². The Morgan fingerprint density at radius 3 is 2.41 bits per heavy atom. The minimum atomic E-state index is -0.634. The number of rotatable bonds is 4. The molecule has 1 aliphatic rings. The minimum absolute atomic E-state index is 0.137. The van der Waals surface area contributed by atoms with Gasteiger partial charge >= 0.3 is 0 Å². The Hall–Kier alpha value is -3.91. The topological polar surface area (TPSA) is 87.6 Å². The first kappa shape index (κ1) is 21.9. The standard InChI is InChI=1S/C26H23F2N5O/c27-19-9-18(10-20(28)13-19)24-15-31-25-2-1-16(17-3-6-30-22(11-17)14-32-34)12-23(25)26(24)33-7-4-21(29)5-8-33/h1-3,6,9-15,21,34H,4-5,7-8,29H2. The molecule has 3 heterocycles. The van der Waals surface area contributed by atoms with Crippen molar-refractivity contribution in [1.29, 1.82) is 0 Å². The Morgan fingerprint density at radius 2 is 1.68 bits per heavy atom. The van der Waals surface area contributed by atoms with E-state index in [-0.39, 0.29) is 6.04 Å². The van der Waals surface area contributed by atoms with Crippen LogP contribution in [0.5, 0.6) is 0 Å². The van der Waals surface area contributed by atoms with Crippen molar-refractivity contribution in [2.45, 2.75) is 18.9 Å². The summed E-state index contributed by atoms with van der Waals surface area (Å²) < 4.78 is 28.2. The van der Waals surface area contributed by atoms with E-state index in [0.29, 0.717) is 16.8 Å². The molecular weight excluding hydrogens is 436 g/mol. The molecule has 172 valence electrons. The SMILES string of the molecule is NC1CCN(c2c(-c3cc(F)cc(F)c3)cnc3ccc(-c4ccnc(C=NO)c4)cc23)CC1. The van der Waals surface area contributed by atoms with E-state index in [0.717, 1.165) is 59.7 Å². The van der Waals surface area contributed by atoms with Gasteiger partial charge < -0.3 is 15.8 Å². The molecule has 2 aromatic carbocycles. The monoisotopic (exact) mass is 459 g/mol. The van der Waals surface area contributed by atoms with Gasteiger partial charge in [-0.3, -0.25) is 9.97 Å². The summed E-state index contributed by atoms with van der Waals surface area (Å²) in [5, 5.41) is 12.8. The molecule has 34 heavy (non-hydrogen) atoms. The van der Waals surface area contributed by atoms with Crippen molar-refractivity contribution >= 4 is 22.8 Å². The van der Waals surface area contributed by atoms with Gasteiger partial charge in [0.15, 0.2) is 0 Å². The second-order valence-electron chi connectivity index (χ2n) is 8.45. The third-order valence-electron chi connectivity index (χ3n) is 6.17. The maximum absolute atomic E-state index is 14.1. The quantitative estimate of drug-likeness (QED) is 0.255. The van der Waals surface area contributed by atoms with Crippen molar-refractivity contribution in [1.82, 2.24) is 9.97 Å². The molecule has 0 saturated carbocycles. The largest absolute Gasteiger partial charge is 0.411 e. The third-order valence-corrected chi connectivity index (χ3v) is 6.17. The Kier molecular flexibility index (Phi) is 5.90. The molecule has 1 aliphatic heterocycles. The second kappa shape index (κ2) is 9.15. The highest BCUT2D eigenvalue weighted by Crippen LogP contribution is 2.39. The van der Waals surface area contributed by atoms with Crippen molar-refractivity contribution in [2.75, 3.05) is 18.0 Å². The van der Waals surface area contributed by atoms with Crippen LogP contribution >= 0.6 is 0 Å². The van der Waals surface area contributed by atoms with Crippen LogP contribution in [0.3, 0.4) is 0 Å². The summed E-state index contributed by atoms with van der Waals surface area (Å²) in [6.45, 7) is 1.48. The van der Waals surface area contributed by atoms with Crippen LogP contribution in [0, 0.1) is 11.6 Å². The van der Waals surface area contributed by atoms with E-state index < -0.39 is 11.6 Å². The van der Waals surface area contributed by atoms with E-state index >= 15 is 0 Å². The highest BCUT2D eigenvalue weighted by molar-refractivity contribution is 6.01. The maximum Gasteiger partial charge on any atom is 0.126 e. The number of halogens is 2. The van der Waals surface area contributed by atoms with E-state index in [1.54, 1.807) is 12.4 Å². The lowest BCUT2D eigenvalue weighted by Gasteiger charge is -2.34. The molecule has 3 N–H and O–H groups in total. The molecule has 0 spiro atoms. The molecule has 4 aromatic rings. The van der Waals surface area contributed by atoms with Gasteiger partial charge in [-0.1, -0.05) is 11.2 Å². The molecule has 1 saturated heterocycles. The molecule has 0 unspecified atom stereocenters. The van der Waals surface area contributed by atoms with Gasteiger partial charge in [-0.15, -0.1) is 0 Å². The van der Waals surface area contributed by atoms with Crippen LogP contribution in [-0.2, 0) is 0 Å². The lowest BCUT2D eigenvalue weighted by molar-refractivity contribution is 0.321. The Morgan fingerprint density at radius 1 is 0.941 bits per heavy atom. The maximum atomic E-state index is 14.1. The van der Waals surface area contributed by atoms with Gasteiger partial charge in [-0.05, 0) is 65.9 Å². The van der Waals surface area contributed by atoms with Crippen molar-refractivity contribution in [3.63, 3.8) is 0 Å². The molecule has 6 nitrogen and oxygen atoms in total. The second-order valence-corrected chi connectivity index (χ2v) is 8.45. The van der Waals surface area contributed by atoms with Gasteiger partial charge in [-0.25, -0.2) is 8.78 Å². The number of pyridine rings is 2. The predicted octanol–water partition coefficient (Wildman–Crippen LogP) is 4.98. The zero-order valence-corrected chi connectivity index (χ0v) is 18.3. The molecule has 5 rings (SSSR count). The normalized spacial score (nSPS) is 14.9. The van der Waals surface area contributed by atoms with Crippen molar-refractivity contribution in [3.8, 4) is 22.3 Å². The zero-order chi connectivity index (χ0) is 23.7. The number of nitrogens with two attached hydrogens (primary N) is 1. The number of benzene rings is 2. The summed E-state index contributed by atoms with van der Waals surface area (Å²) in [6.07, 6.45) is 6.25. The number of nitrogens with zero attached hydrogens (tertiary/aromatic N) is 4. The first-order chi connectivity index (χ1) is 16.5. The smallest absolute Gasteiger partial charge is 0.126 e. The fourth-order valence-electron chi connectivity index (χ4n) is 4.50. The number of fused-ring (bicyclic) bond motifs is 1. The Balaban J connectivity index is 1.72. The first-order valence-corrected chi connectivity index (χ1v) is 11.1. The molecule has 8 heteroatoms. The Bertz CT molecular complexity index is 1360. The lowest BCUT2D eigenvalue weighted by atomic mass is 9.96. The summed E-state index contributed by atoms with van der Waals surface area (Å²) in [7, 11) is 0. The van der Waals surface area contributed by atoms with Crippen molar-refractivity contribution in [3.05, 3.63) is 78.3 Å². The average Bonchev–Trinajstić information content (AvgIpc) is 2.83. The molecule has 2 aromatic heterocycles. The predicted molar refractivity (Wildman–Crippen MR) is 129 cm³/mol. The highest BCUT2D eigenvalue weighted by atomic mass is 19.1. The third kappa shape index (κ3) is 4.32. The molecule has 0 aliphatic carbocycles. The van der Waals surface area contributed by atoms with Crippen LogP contribution in [0.4, 0.5) is 14.5 Å². The van der Waals surface area contributed by atoms with Crippen LogP contribution in [0.1, 0.15) is 18.5 Å². The van der Waals surface area contributed by atoms with Gasteiger partial charge in [0.25, 0.3) is 0 Å². The van der Waals surface area contributed by atoms with Crippen molar-refractivity contribution < 1.29 is 14.0 Å². The first-order valence-electron chi connectivity index (χ1n) is 11.1. The van der Waals surface area contributed by atoms with Crippen LogP contribution in [0.25, 0.3) is 33.2 Å². The summed E-state index contributed by atoms with van der Waals surface area (Å²) in [6, 6.07) is 13.3. The molecule has 0 bridgehead atoms. The summed E-state index contributed by atoms with van der Waals surface area (Å²) >= 11 is 0. The Labute approximate surface area is 195 Å². The number of aromatic nitrogens is 2. The number of oxime groups is 1. The molecule has 0 amide bonds. The van der Waals surface area contributed by atoms with Gasteiger partial charge in [0.1, 0.15) is 11.6 Å². The number of piperidine rings is 1. The summed E-state index contributed by atoms with van der Waals surface area (Å²) in [5.74, 6) is -1.27. The van der Waals surface area contributed by atoms with E-state index in [1.807, 2.05) is 30.3 Å². The number of hydrogen-bond donors (Lipinski definition) is 2. The average molecular weight is 460 g/mol. The molecule has 1 fully saturated rings. The fraction of sp³-hybridized carbons (Fsp3) is 0.192. The minimum Gasteiger partial charge on any atom is -0.411 e. The molecule has 0 atom stereocenters. The summed E-state index contributed by atoms with van der Waals surface area (Å²) in [4.78, 5) is 11.0. The zero-order valence-electron chi connectivity index (χ0n) is 18.3. The van der Waals surface area contributed by atoms with E-state index in [2.05, 4.69) is 20.0 Å². The number of hydrogen-bond acceptors (Lipinski definition) is 6. The van der Waals surface area contributed by atoms with E-state index in [1.165, 1.54) is 18.3 Å². The fourth-order valence-corrected chi connectivity index (χ4v) is 4.50. The number of anilines is 1. The lowest BCUT2D eigenvalue weighted by Crippen LogP contribution is -2.40. The summed E-state index contributed by atoms with van der Waals surface area (Å²) in [5.41, 5.74) is 11.2. The van der Waals surface area contributed by atoms with Crippen LogP contribution in [-0.4, -0.2) is 40.5 Å². The van der Waals surface area contributed by atoms with E-state index in [4.69, 9.17) is 10.9 Å². The van der Waals surface area contributed by atoms with Gasteiger partial charge in [-0.2, -0.15) is 0 Å². The molecular formula is C26H23F2N5O. The molecule has 0 radical (unpaired) electrons. The van der Waals surface area contributed by atoms with Crippen LogP contribution < -0.4 is 10.6 Å². The van der Waals surface area contributed by atoms with Crippen LogP contribution in [0.15, 0.2) is 66.1 Å².